The number of amides is 2. The number of carbonyl (C=O) groups is 3. The molecule has 0 unspecified atom stereocenters. The Hall–Kier alpha value is -1.50. The maximum Gasteiger partial charge on any atom is 0.341 e. The lowest BCUT2D eigenvalue weighted by Crippen LogP contribution is -2.46. The molecule has 0 aliphatic carbocycles. The van der Waals surface area contributed by atoms with Gasteiger partial charge in [0.25, 0.3) is 5.91 Å². The summed E-state index contributed by atoms with van der Waals surface area (Å²) >= 11 is 17.6. The maximum atomic E-state index is 12.0. The monoisotopic (exact) mass is 394 g/mol. The van der Waals surface area contributed by atoms with Crippen molar-refractivity contribution in [1.82, 2.24) is 10.6 Å². The van der Waals surface area contributed by atoms with Crippen molar-refractivity contribution in [2.45, 2.75) is 26.3 Å². The Morgan fingerprint density at radius 3 is 2.42 bits per heavy atom. The summed E-state index contributed by atoms with van der Waals surface area (Å²) in [5.74, 6) is -1.83. The molecule has 6 nitrogen and oxygen atoms in total. The Balaban J connectivity index is 2.57. The zero-order valence-electron chi connectivity index (χ0n) is 13.1. The normalized spacial score (nSPS) is 11.5. The van der Waals surface area contributed by atoms with Crippen LogP contribution in [0.5, 0.6) is 0 Å². The molecule has 24 heavy (non-hydrogen) atoms. The quantitative estimate of drug-likeness (QED) is 0.549. The molecule has 2 N–H and O–H groups in total. The fourth-order valence-electron chi connectivity index (χ4n) is 1.67. The summed E-state index contributed by atoms with van der Waals surface area (Å²) in [7, 11) is 0. The van der Waals surface area contributed by atoms with Crippen molar-refractivity contribution in [2.75, 3.05) is 13.2 Å². The minimum Gasteiger partial charge on any atom is -0.452 e. The first kappa shape index (κ1) is 20.5. The average Bonchev–Trinajstić information content (AvgIpc) is 2.54. The third-order valence-electron chi connectivity index (χ3n) is 2.90. The van der Waals surface area contributed by atoms with Crippen molar-refractivity contribution < 1.29 is 19.1 Å². The predicted octanol–water partition coefficient (Wildman–Crippen LogP) is 2.83. The van der Waals surface area contributed by atoms with E-state index in [-0.39, 0.29) is 26.5 Å². The molecule has 0 saturated heterocycles. The fourth-order valence-corrected chi connectivity index (χ4v) is 2.35. The first-order valence-electron chi connectivity index (χ1n) is 7.15. The zero-order chi connectivity index (χ0) is 18.3. The van der Waals surface area contributed by atoms with Gasteiger partial charge in [-0.05, 0) is 25.5 Å². The maximum absolute atomic E-state index is 12.0. The summed E-state index contributed by atoms with van der Waals surface area (Å²) in [4.78, 5) is 35.4. The predicted molar refractivity (Wildman–Crippen MR) is 92.7 cm³/mol. The molecule has 0 aliphatic heterocycles. The van der Waals surface area contributed by atoms with Gasteiger partial charge in [0.15, 0.2) is 6.61 Å². The van der Waals surface area contributed by atoms with Crippen molar-refractivity contribution in [3.05, 3.63) is 32.8 Å². The van der Waals surface area contributed by atoms with E-state index in [1.54, 1.807) is 0 Å². The van der Waals surface area contributed by atoms with Crippen LogP contribution in [-0.4, -0.2) is 37.0 Å². The Kier molecular flexibility index (Phi) is 8.31. The van der Waals surface area contributed by atoms with E-state index in [2.05, 4.69) is 10.6 Å². The molecular formula is C15H17Cl3N2O4. The van der Waals surface area contributed by atoms with Gasteiger partial charge < -0.3 is 15.4 Å². The van der Waals surface area contributed by atoms with Crippen LogP contribution < -0.4 is 10.6 Å². The smallest absolute Gasteiger partial charge is 0.341 e. The van der Waals surface area contributed by atoms with Gasteiger partial charge in [-0.15, -0.1) is 0 Å². The number of esters is 1. The molecule has 0 heterocycles. The van der Waals surface area contributed by atoms with E-state index >= 15 is 0 Å². The van der Waals surface area contributed by atoms with Crippen LogP contribution in [0.3, 0.4) is 0 Å². The number of ether oxygens (including phenoxy) is 1. The van der Waals surface area contributed by atoms with Crippen molar-refractivity contribution in [3.8, 4) is 0 Å². The highest BCUT2D eigenvalue weighted by Crippen LogP contribution is 2.31. The molecule has 0 saturated carbocycles. The molecular weight excluding hydrogens is 379 g/mol. The molecule has 2 amide bonds. The van der Waals surface area contributed by atoms with Crippen LogP contribution in [0, 0.1) is 0 Å². The molecule has 9 heteroatoms. The summed E-state index contributed by atoms with van der Waals surface area (Å²) in [6.45, 7) is 3.37. The molecule has 132 valence electrons. The van der Waals surface area contributed by atoms with E-state index in [0.717, 1.165) is 6.42 Å². The molecule has 1 aromatic rings. The molecule has 0 fully saturated rings. The minimum atomic E-state index is -0.884. The topological polar surface area (TPSA) is 84.5 Å². The Morgan fingerprint density at radius 1 is 1.17 bits per heavy atom. The number of benzene rings is 1. The van der Waals surface area contributed by atoms with Gasteiger partial charge in [-0.3, -0.25) is 9.59 Å². The van der Waals surface area contributed by atoms with Crippen molar-refractivity contribution in [1.29, 1.82) is 0 Å². The van der Waals surface area contributed by atoms with Crippen LogP contribution in [0.2, 0.25) is 15.1 Å². The number of halogens is 3. The molecule has 0 aromatic heterocycles. The van der Waals surface area contributed by atoms with Crippen molar-refractivity contribution in [2.24, 2.45) is 0 Å². The SMILES string of the molecule is CCCNC(=O)[C@@H](C)NC(=O)COC(=O)c1c(Cl)ccc(Cl)c1Cl. The minimum absolute atomic E-state index is 0.0538. The highest BCUT2D eigenvalue weighted by molar-refractivity contribution is 6.46. The van der Waals surface area contributed by atoms with Crippen LogP contribution in [0.25, 0.3) is 0 Å². The third-order valence-corrected chi connectivity index (χ3v) is 4.02. The summed E-state index contributed by atoms with van der Waals surface area (Å²) in [6.07, 6.45) is 0.783. The van der Waals surface area contributed by atoms with E-state index < -0.39 is 24.5 Å². The number of carbonyl (C=O) groups excluding carboxylic acids is 3. The van der Waals surface area contributed by atoms with Gasteiger partial charge in [0.1, 0.15) is 6.04 Å². The number of nitrogens with one attached hydrogen (secondary N) is 2. The van der Waals surface area contributed by atoms with E-state index in [0.29, 0.717) is 6.54 Å². The highest BCUT2D eigenvalue weighted by Gasteiger charge is 2.21. The van der Waals surface area contributed by atoms with Gasteiger partial charge in [-0.2, -0.15) is 0 Å². The fraction of sp³-hybridized carbons (Fsp3) is 0.400. The van der Waals surface area contributed by atoms with E-state index in [9.17, 15) is 14.4 Å². The molecule has 0 radical (unpaired) electrons. The van der Waals surface area contributed by atoms with Crippen LogP contribution in [0.4, 0.5) is 0 Å². The molecule has 0 aliphatic rings. The van der Waals surface area contributed by atoms with Crippen LogP contribution in [0.15, 0.2) is 12.1 Å². The second kappa shape index (κ2) is 9.71. The Morgan fingerprint density at radius 2 is 1.79 bits per heavy atom. The lowest BCUT2D eigenvalue weighted by Gasteiger charge is -2.14. The van der Waals surface area contributed by atoms with Gasteiger partial charge in [-0.1, -0.05) is 41.7 Å². The lowest BCUT2D eigenvalue weighted by molar-refractivity contribution is -0.130. The van der Waals surface area contributed by atoms with Crippen molar-refractivity contribution in [3.63, 3.8) is 0 Å². The number of hydrogen-bond donors (Lipinski definition) is 2. The second-order valence-electron chi connectivity index (χ2n) is 4.87. The first-order valence-corrected chi connectivity index (χ1v) is 8.29. The zero-order valence-corrected chi connectivity index (χ0v) is 15.4. The van der Waals surface area contributed by atoms with Gasteiger partial charge in [-0.25, -0.2) is 4.79 Å². The lowest BCUT2D eigenvalue weighted by atomic mass is 10.2. The number of hydrogen-bond acceptors (Lipinski definition) is 4. The largest absolute Gasteiger partial charge is 0.452 e. The van der Waals surface area contributed by atoms with E-state index in [1.165, 1.54) is 19.1 Å². The van der Waals surface area contributed by atoms with Gasteiger partial charge in [0, 0.05) is 6.54 Å². The first-order chi connectivity index (χ1) is 11.3. The van der Waals surface area contributed by atoms with E-state index in [1.807, 2.05) is 6.92 Å². The van der Waals surface area contributed by atoms with Crippen LogP contribution in [-0.2, 0) is 14.3 Å². The number of rotatable bonds is 7. The molecule has 1 aromatic carbocycles. The molecule has 1 atom stereocenters. The summed E-state index contributed by atoms with van der Waals surface area (Å²) in [6, 6.07) is 2.08. The van der Waals surface area contributed by atoms with Gasteiger partial charge in [0.05, 0.1) is 20.6 Å². The summed E-state index contributed by atoms with van der Waals surface area (Å²) in [5, 5.41) is 5.20. The molecule has 0 bridgehead atoms. The second-order valence-corrected chi connectivity index (χ2v) is 6.07. The van der Waals surface area contributed by atoms with Gasteiger partial charge in [0.2, 0.25) is 5.91 Å². The van der Waals surface area contributed by atoms with Gasteiger partial charge >= 0.3 is 5.97 Å². The van der Waals surface area contributed by atoms with E-state index in [4.69, 9.17) is 39.5 Å². The van der Waals surface area contributed by atoms with Crippen molar-refractivity contribution >= 4 is 52.6 Å². The Labute approximate surface area is 154 Å². The highest BCUT2D eigenvalue weighted by atomic mass is 35.5. The molecule has 1 rings (SSSR count). The standard InChI is InChI=1S/C15H17Cl3N2O4/c1-3-6-19-14(22)8(2)20-11(21)7-24-15(23)12-9(16)4-5-10(17)13(12)18/h4-5,8H,3,6-7H2,1-2H3,(H,19,22)(H,20,21)/t8-/m1/s1. The average molecular weight is 396 g/mol. The third kappa shape index (κ3) is 5.85. The molecule has 0 spiro atoms. The van der Waals surface area contributed by atoms with Crippen LogP contribution in [0.1, 0.15) is 30.6 Å². The Bertz CT molecular complexity index is 637. The summed E-state index contributed by atoms with van der Waals surface area (Å²) in [5.41, 5.74) is -0.118. The summed E-state index contributed by atoms with van der Waals surface area (Å²) < 4.78 is 4.86. The van der Waals surface area contributed by atoms with Crippen LogP contribution >= 0.6 is 34.8 Å².